The molecule has 5 heteroatoms. The summed E-state index contributed by atoms with van der Waals surface area (Å²) in [6, 6.07) is 1.73. The van der Waals surface area contributed by atoms with Gasteiger partial charge < -0.3 is 9.30 Å². The zero-order valence-corrected chi connectivity index (χ0v) is 9.84. The van der Waals surface area contributed by atoms with Crippen LogP contribution in [0.15, 0.2) is 22.4 Å². The van der Waals surface area contributed by atoms with Crippen molar-refractivity contribution in [2.75, 3.05) is 6.61 Å². The summed E-state index contributed by atoms with van der Waals surface area (Å²) in [7, 11) is 1.81. The first kappa shape index (κ1) is 10.9. The summed E-state index contributed by atoms with van der Waals surface area (Å²) in [6.07, 6.45) is 1.53. The van der Waals surface area contributed by atoms with E-state index >= 15 is 0 Å². The molecular weight excluding hydrogens is 226 g/mol. The molecule has 0 N–H and O–H groups in total. The second-order valence-electron chi connectivity index (χ2n) is 3.34. The Morgan fingerprint density at radius 1 is 1.56 bits per heavy atom. The third-order valence-electron chi connectivity index (χ3n) is 2.27. The molecule has 0 amide bonds. The molecule has 0 aliphatic heterocycles. The fourth-order valence-corrected chi connectivity index (χ4v) is 2.40. The summed E-state index contributed by atoms with van der Waals surface area (Å²) in [4.78, 5) is 24.4. The van der Waals surface area contributed by atoms with Crippen LogP contribution in [0.4, 0.5) is 0 Å². The number of ether oxygens (including phenoxy) is 1. The predicted molar refractivity (Wildman–Crippen MR) is 63.0 cm³/mol. The molecule has 0 bridgehead atoms. The van der Waals surface area contributed by atoms with Crippen LogP contribution < -0.4 is 5.43 Å². The van der Waals surface area contributed by atoms with Crippen molar-refractivity contribution < 1.29 is 9.53 Å². The summed E-state index contributed by atoms with van der Waals surface area (Å²) in [5.74, 6) is -0.559. The standard InChI is InChI=1S/C11H11NO3S/c1-3-15-11(14)8-6-12(2)10-7(9(8)13)4-5-16-10/h4-6H,3H2,1-2H3. The van der Waals surface area contributed by atoms with Crippen LogP contribution in [-0.4, -0.2) is 17.1 Å². The van der Waals surface area contributed by atoms with Gasteiger partial charge in [0.25, 0.3) is 0 Å². The van der Waals surface area contributed by atoms with Gasteiger partial charge in [-0.15, -0.1) is 11.3 Å². The van der Waals surface area contributed by atoms with Gasteiger partial charge in [0, 0.05) is 13.2 Å². The van der Waals surface area contributed by atoms with Crippen LogP contribution in [-0.2, 0) is 11.8 Å². The van der Waals surface area contributed by atoms with Crippen LogP contribution in [0.3, 0.4) is 0 Å². The number of thiophene rings is 1. The van der Waals surface area contributed by atoms with Gasteiger partial charge in [0.1, 0.15) is 10.4 Å². The summed E-state index contributed by atoms with van der Waals surface area (Å²) >= 11 is 1.47. The van der Waals surface area contributed by atoms with E-state index in [1.165, 1.54) is 17.5 Å². The van der Waals surface area contributed by atoms with E-state index in [2.05, 4.69) is 0 Å². The maximum Gasteiger partial charge on any atom is 0.343 e. The highest BCUT2D eigenvalue weighted by molar-refractivity contribution is 7.16. The first-order valence-electron chi connectivity index (χ1n) is 4.89. The lowest BCUT2D eigenvalue weighted by Crippen LogP contribution is -2.19. The maximum absolute atomic E-state index is 12.0. The van der Waals surface area contributed by atoms with Crippen LogP contribution in [0.1, 0.15) is 17.3 Å². The highest BCUT2D eigenvalue weighted by Gasteiger charge is 2.15. The van der Waals surface area contributed by atoms with E-state index in [1.807, 2.05) is 5.38 Å². The van der Waals surface area contributed by atoms with Crippen LogP contribution >= 0.6 is 11.3 Å². The van der Waals surface area contributed by atoms with Gasteiger partial charge in [-0.25, -0.2) is 4.79 Å². The topological polar surface area (TPSA) is 48.3 Å². The van der Waals surface area contributed by atoms with E-state index in [0.717, 1.165) is 4.83 Å². The zero-order chi connectivity index (χ0) is 11.7. The Balaban J connectivity index is 2.67. The molecule has 2 rings (SSSR count). The smallest absolute Gasteiger partial charge is 0.343 e. The van der Waals surface area contributed by atoms with Crippen molar-refractivity contribution in [3.63, 3.8) is 0 Å². The molecule has 0 atom stereocenters. The summed E-state index contributed by atoms with van der Waals surface area (Å²) in [5.41, 5.74) is -0.164. The van der Waals surface area contributed by atoms with Gasteiger partial charge in [-0.2, -0.15) is 0 Å². The Morgan fingerprint density at radius 2 is 2.31 bits per heavy atom. The number of carbonyl (C=O) groups is 1. The SMILES string of the molecule is CCOC(=O)c1cn(C)c2sccc2c1=O. The van der Waals surface area contributed by atoms with Crippen LogP contribution in [0, 0.1) is 0 Å². The quantitative estimate of drug-likeness (QED) is 0.748. The first-order chi connectivity index (χ1) is 7.65. The zero-order valence-electron chi connectivity index (χ0n) is 9.02. The molecule has 0 radical (unpaired) electrons. The Hall–Kier alpha value is -1.62. The van der Waals surface area contributed by atoms with Gasteiger partial charge in [-0.05, 0) is 18.4 Å². The molecule has 0 saturated heterocycles. The summed E-state index contributed by atoms with van der Waals surface area (Å²) < 4.78 is 6.61. The molecule has 0 unspecified atom stereocenters. The maximum atomic E-state index is 12.0. The lowest BCUT2D eigenvalue weighted by molar-refractivity contribution is 0.0524. The lowest BCUT2D eigenvalue weighted by atomic mass is 10.2. The van der Waals surface area contributed by atoms with Crippen LogP contribution in [0.25, 0.3) is 10.2 Å². The second-order valence-corrected chi connectivity index (χ2v) is 4.24. The minimum atomic E-state index is -0.559. The Labute approximate surface area is 96.1 Å². The highest BCUT2D eigenvalue weighted by Crippen LogP contribution is 2.17. The average Bonchev–Trinajstić information content (AvgIpc) is 2.73. The molecule has 0 spiro atoms. The largest absolute Gasteiger partial charge is 0.462 e. The third-order valence-corrected chi connectivity index (χ3v) is 3.28. The van der Waals surface area contributed by atoms with Gasteiger partial charge in [-0.3, -0.25) is 4.79 Å². The number of hydrogen-bond acceptors (Lipinski definition) is 4. The molecule has 0 saturated carbocycles. The van der Waals surface area contributed by atoms with Crippen molar-refractivity contribution in [2.24, 2.45) is 7.05 Å². The molecule has 2 aromatic heterocycles. The van der Waals surface area contributed by atoms with Crippen molar-refractivity contribution >= 4 is 27.5 Å². The molecule has 0 fully saturated rings. The van der Waals surface area contributed by atoms with Crippen molar-refractivity contribution in [2.45, 2.75) is 6.92 Å². The van der Waals surface area contributed by atoms with Crippen LogP contribution in [0.5, 0.6) is 0 Å². The van der Waals surface area contributed by atoms with E-state index < -0.39 is 5.97 Å². The molecule has 2 heterocycles. The fraction of sp³-hybridized carbons (Fsp3) is 0.273. The highest BCUT2D eigenvalue weighted by atomic mass is 32.1. The van der Waals surface area contributed by atoms with Gasteiger partial charge in [0.05, 0.1) is 12.0 Å². The van der Waals surface area contributed by atoms with Gasteiger partial charge in [0.15, 0.2) is 0 Å². The number of fused-ring (bicyclic) bond motifs is 1. The van der Waals surface area contributed by atoms with E-state index in [9.17, 15) is 9.59 Å². The number of aryl methyl sites for hydroxylation is 1. The number of pyridine rings is 1. The predicted octanol–water partition coefficient (Wildman–Crippen LogP) is 1.78. The first-order valence-corrected chi connectivity index (χ1v) is 5.77. The van der Waals surface area contributed by atoms with E-state index in [4.69, 9.17) is 4.74 Å². The molecule has 0 aliphatic carbocycles. The second kappa shape index (κ2) is 4.09. The Kier molecular flexibility index (Phi) is 2.78. The Morgan fingerprint density at radius 3 is 3.00 bits per heavy atom. The van der Waals surface area contributed by atoms with E-state index in [0.29, 0.717) is 5.39 Å². The summed E-state index contributed by atoms with van der Waals surface area (Å²) in [6.45, 7) is 1.98. The normalized spacial score (nSPS) is 10.6. The number of hydrogen-bond donors (Lipinski definition) is 0. The van der Waals surface area contributed by atoms with E-state index in [-0.39, 0.29) is 17.6 Å². The summed E-state index contributed by atoms with van der Waals surface area (Å²) in [5, 5.41) is 2.40. The number of rotatable bonds is 2. The minimum absolute atomic E-state index is 0.0928. The van der Waals surface area contributed by atoms with Gasteiger partial charge in [0.2, 0.25) is 5.43 Å². The van der Waals surface area contributed by atoms with Crippen molar-refractivity contribution in [3.05, 3.63) is 33.4 Å². The van der Waals surface area contributed by atoms with Crippen molar-refractivity contribution in [1.82, 2.24) is 4.57 Å². The lowest BCUT2D eigenvalue weighted by Gasteiger charge is -2.05. The minimum Gasteiger partial charge on any atom is -0.462 e. The third kappa shape index (κ3) is 1.63. The van der Waals surface area contributed by atoms with Crippen LogP contribution in [0.2, 0.25) is 0 Å². The van der Waals surface area contributed by atoms with Crippen molar-refractivity contribution in [1.29, 1.82) is 0 Å². The number of aromatic nitrogens is 1. The average molecular weight is 237 g/mol. The van der Waals surface area contributed by atoms with Crippen molar-refractivity contribution in [3.8, 4) is 0 Å². The molecule has 2 aromatic rings. The molecular formula is C11H11NO3S. The van der Waals surface area contributed by atoms with Gasteiger partial charge in [-0.1, -0.05) is 0 Å². The van der Waals surface area contributed by atoms with E-state index in [1.54, 1.807) is 24.6 Å². The van der Waals surface area contributed by atoms with Gasteiger partial charge >= 0.3 is 5.97 Å². The molecule has 0 aromatic carbocycles. The number of carbonyl (C=O) groups excluding carboxylic acids is 1. The molecule has 16 heavy (non-hydrogen) atoms. The molecule has 84 valence electrons. The Bertz CT molecular complexity index is 597. The molecule has 0 aliphatic rings. The monoisotopic (exact) mass is 237 g/mol. The number of esters is 1. The fourth-order valence-electron chi connectivity index (χ4n) is 1.56. The number of nitrogens with zero attached hydrogens (tertiary/aromatic N) is 1. The molecule has 4 nitrogen and oxygen atoms in total.